The second kappa shape index (κ2) is 6.44. The molecule has 21 heavy (non-hydrogen) atoms. The van der Waals surface area contributed by atoms with Crippen LogP contribution in [0.5, 0.6) is 0 Å². The fraction of sp³-hybridized carbons (Fsp3) is 0.583. The summed E-state index contributed by atoms with van der Waals surface area (Å²) in [4.78, 5) is 37.0. The summed E-state index contributed by atoms with van der Waals surface area (Å²) in [7, 11) is 1.51. The van der Waals surface area contributed by atoms with Crippen LogP contribution in [0.3, 0.4) is 0 Å². The number of nitrogen functional groups attached to an aromatic ring is 1. The molecule has 0 aromatic carbocycles. The Hall–Kier alpha value is -2.29. The lowest BCUT2D eigenvalue weighted by atomic mass is 10.1. The van der Waals surface area contributed by atoms with Gasteiger partial charge in [-0.1, -0.05) is 0 Å². The molecule has 116 valence electrons. The molecule has 0 radical (unpaired) electrons. The molecule has 0 saturated carbocycles. The average Bonchev–Trinajstić information content (AvgIpc) is 2.45. The lowest BCUT2D eigenvalue weighted by molar-refractivity contribution is -0.122. The van der Waals surface area contributed by atoms with Gasteiger partial charge >= 0.3 is 5.69 Å². The number of amides is 1. The van der Waals surface area contributed by atoms with E-state index < -0.39 is 11.2 Å². The van der Waals surface area contributed by atoms with E-state index >= 15 is 0 Å². The molecule has 5 N–H and O–H groups in total. The van der Waals surface area contributed by atoms with Crippen LogP contribution in [0.25, 0.3) is 0 Å². The quantitative estimate of drug-likeness (QED) is 0.520. The molecule has 0 bridgehead atoms. The molecule has 1 atom stereocenters. The molecular weight excluding hydrogens is 278 g/mol. The Kier molecular flexibility index (Phi) is 4.63. The predicted molar refractivity (Wildman–Crippen MR) is 77.3 cm³/mol. The topological polar surface area (TPSA) is 131 Å². The van der Waals surface area contributed by atoms with Gasteiger partial charge in [0.1, 0.15) is 11.5 Å². The minimum atomic E-state index is -0.572. The Balaban J connectivity index is 2.24. The zero-order chi connectivity index (χ0) is 15.4. The molecular formula is C12H19N5O4. The molecule has 1 aliphatic rings. The molecule has 1 aliphatic heterocycles. The van der Waals surface area contributed by atoms with E-state index in [9.17, 15) is 14.4 Å². The highest BCUT2D eigenvalue weighted by Crippen LogP contribution is 2.14. The monoisotopic (exact) mass is 297 g/mol. The van der Waals surface area contributed by atoms with Gasteiger partial charge in [0.15, 0.2) is 0 Å². The number of methoxy groups -OCH3 is 1. The van der Waals surface area contributed by atoms with E-state index in [1.807, 2.05) is 0 Å². The Morgan fingerprint density at radius 3 is 2.81 bits per heavy atom. The number of nitrogens with zero attached hydrogens (tertiary/aromatic N) is 1. The maximum Gasteiger partial charge on any atom is 0.330 e. The van der Waals surface area contributed by atoms with Gasteiger partial charge in [0, 0.05) is 26.1 Å². The standard InChI is InChI=1S/C12H19N5O4/c1-21-5-4-17-10(13)9(11(19)16-12(17)20)15-7-2-3-8(18)14-6-7/h7,15H,2-6,13H2,1H3,(H,14,18)(H,16,19,20). The van der Waals surface area contributed by atoms with Crippen molar-refractivity contribution in [3.05, 3.63) is 20.8 Å². The minimum Gasteiger partial charge on any atom is -0.383 e. The lowest BCUT2D eigenvalue weighted by Crippen LogP contribution is -2.44. The van der Waals surface area contributed by atoms with Crippen molar-refractivity contribution in [2.45, 2.75) is 25.4 Å². The number of piperidine rings is 1. The summed E-state index contributed by atoms with van der Waals surface area (Å²) in [5, 5.41) is 5.71. The molecule has 1 saturated heterocycles. The van der Waals surface area contributed by atoms with Crippen molar-refractivity contribution in [3.63, 3.8) is 0 Å². The SMILES string of the molecule is COCCn1c(N)c(NC2CCC(=O)NC2)c(=O)[nH]c1=O. The maximum atomic E-state index is 11.9. The third-order valence-corrected chi connectivity index (χ3v) is 3.37. The van der Waals surface area contributed by atoms with Crippen molar-refractivity contribution >= 4 is 17.4 Å². The number of carbonyl (C=O) groups excluding carboxylic acids is 1. The Morgan fingerprint density at radius 2 is 2.19 bits per heavy atom. The minimum absolute atomic E-state index is 0.0139. The molecule has 0 spiro atoms. The summed E-state index contributed by atoms with van der Waals surface area (Å²) in [6.45, 7) is 0.956. The lowest BCUT2D eigenvalue weighted by Gasteiger charge is -2.25. The number of aromatic nitrogens is 2. The number of hydrogen-bond donors (Lipinski definition) is 4. The highest BCUT2D eigenvalue weighted by Gasteiger charge is 2.21. The average molecular weight is 297 g/mol. The van der Waals surface area contributed by atoms with Crippen LogP contribution in [0.15, 0.2) is 9.59 Å². The summed E-state index contributed by atoms with van der Waals surface area (Å²) in [6, 6.07) is -0.0977. The first-order valence-electron chi connectivity index (χ1n) is 6.67. The van der Waals surface area contributed by atoms with Gasteiger partial charge in [-0.05, 0) is 6.42 Å². The van der Waals surface area contributed by atoms with Gasteiger partial charge in [-0.2, -0.15) is 0 Å². The number of ether oxygens (including phenoxy) is 1. The largest absolute Gasteiger partial charge is 0.383 e. The third kappa shape index (κ3) is 3.43. The van der Waals surface area contributed by atoms with Gasteiger partial charge < -0.3 is 21.1 Å². The highest BCUT2D eigenvalue weighted by molar-refractivity contribution is 5.77. The zero-order valence-corrected chi connectivity index (χ0v) is 11.8. The normalized spacial score (nSPS) is 18.3. The second-order valence-corrected chi connectivity index (χ2v) is 4.85. The van der Waals surface area contributed by atoms with Crippen molar-refractivity contribution < 1.29 is 9.53 Å². The third-order valence-electron chi connectivity index (χ3n) is 3.37. The number of rotatable bonds is 5. The first-order chi connectivity index (χ1) is 10.0. The molecule has 2 heterocycles. The summed E-state index contributed by atoms with van der Waals surface area (Å²) in [5.41, 5.74) is 4.91. The van der Waals surface area contributed by atoms with Crippen molar-refractivity contribution in [2.75, 3.05) is 31.3 Å². The van der Waals surface area contributed by atoms with Crippen LogP contribution in [-0.4, -0.2) is 41.8 Å². The van der Waals surface area contributed by atoms with Crippen molar-refractivity contribution in [3.8, 4) is 0 Å². The molecule has 0 aliphatic carbocycles. The van der Waals surface area contributed by atoms with Crippen molar-refractivity contribution in [2.24, 2.45) is 0 Å². The van der Waals surface area contributed by atoms with Gasteiger partial charge in [0.2, 0.25) is 5.91 Å². The highest BCUT2D eigenvalue weighted by atomic mass is 16.5. The summed E-state index contributed by atoms with van der Waals surface area (Å²) >= 11 is 0. The van der Waals surface area contributed by atoms with Crippen LogP contribution in [0.1, 0.15) is 12.8 Å². The zero-order valence-electron chi connectivity index (χ0n) is 11.8. The first kappa shape index (κ1) is 15.1. The molecule has 1 unspecified atom stereocenters. The van der Waals surface area contributed by atoms with Crippen molar-refractivity contribution in [1.82, 2.24) is 14.9 Å². The van der Waals surface area contributed by atoms with Gasteiger partial charge in [-0.3, -0.25) is 19.1 Å². The number of anilines is 2. The summed E-state index contributed by atoms with van der Waals surface area (Å²) < 4.78 is 6.16. The van der Waals surface area contributed by atoms with Gasteiger partial charge in [-0.15, -0.1) is 0 Å². The van der Waals surface area contributed by atoms with E-state index in [4.69, 9.17) is 10.5 Å². The van der Waals surface area contributed by atoms with Crippen LogP contribution >= 0.6 is 0 Å². The van der Waals surface area contributed by atoms with Crippen LogP contribution in [-0.2, 0) is 16.1 Å². The number of aromatic amines is 1. The van der Waals surface area contributed by atoms with E-state index in [1.165, 1.54) is 11.7 Å². The van der Waals surface area contributed by atoms with Crippen LogP contribution in [0.4, 0.5) is 11.5 Å². The Labute approximate surface area is 120 Å². The summed E-state index contributed by atoms with van der Waals surface area (Å²) in [5.74, 6) is 0.0534. The Morgan fingerprint density at radius 1 is 1.43 bits per heavy atom. The van der Waals surface area contributed by atoms with Gasteiger partial charge in [-0.25, -0.2) is 4.79 Å². The predicted octanol–water partition coefficient (Wildman–Crippen LogP) is -1.54. The van der Waals surface area contributed by atoms with E-state index in [0.29, 0.717) is 26.0 Å². The molecule has 2 rings (SSSR count). The van der Waals surface area contributed by atoms with Crippen molar-refractivity contribution in [1.29, 1.82) is 0 Å². The number of nitrogens with one attached hydrogen (secondary N) is 3. The second-order valence-electron chi connectivity index (χ2n) is 4.85. The smallest absolute Gasteiger partial charge is 0.330 e. The molecule has 1 aromatic rings. The number of nitrogens with two attached hydrogens (primary N) is 1. The number of hydrogen-bond acceptors (Lipinski definition) is 6. The van der Waals surface area contributed by atoms with Crippen LogP contribution < -0.4 is 27.6 Å². The Bertz CT molecular complexity index is 626. The molecule has 9 heteroatoms. The molecule has 1 aromatic heterocycles. The maximum absolute atomic E-state index is 11.9. The number of H-pyrrole nitrogens is 1. The first-order valence-corrected chi connectivity index (χ1v) is 6.67. The van der Waals surface area contributed by atoms with Gasteiger partial charge in [0.05, 0.1) is 13.2 Å². The van der Waals surface area contributed by atoms with E-state index in [1.54, 1.807) is 0 Å². The fourth-order valence-corrected chi connectivity index (χ4v) is 2.19. The van der Waals surface area contributed by atoms with Crippen LogP contribution in [0.2, 0.25) is 0 Å². The molecule has 9 nitrogen and oxygen atoms in total. The fourth-order valence-electron chi connectivity index (χ4n) is 2.19. The molecule has 1 amide bonds. The molecule has 1 fully saturated rings. The number of carbonyl (C=O) groups is 1. The van der Waals surface area contributed by atoms with Gasteiger partial charge in [0.25, 0.3) is 5.56 Å². The van der Waals surface area contributed by atoms with E-state index in [0.717, 1.165) is 0 Å². The summed E-state index contributed by atoms with van der Waals surface area (Å²) in [6.07, 6.45) is 0.987. The van der Waals surface area contributed by atoms with E-state index in [2.05, 4.69) is 15.6 Å². The van der Waals surface area contributed by atoms with Crippen LogP contribution in [0, 0.1) is 0 Å². The van der Waals surface area contributed by atoms with E-state index in [-0.39, 0.29) is 30.0 Å².